The molecule has 3 heterocycles. The van der Waals surface area contributed by atoms with E-state index < -0.39 is 0 Å². The van der Waals surface area contributed by atoms with E-state index in [1.54, 1.807) is 11.0 Å². The van der Waals surface area contributed by atoms with Gasteiger partial charge in [-0.2, -0.15) is 0 Å². The fraction of sp³-hybridized carbons (Fsp3) is 0.583. The Bertz CT molecular complexity index is 875. The lowest BCUT2D eigenvalue weighted by Crippen LogP contribution is -2.48. The van der Waals surface area contributed by atoms with Crippen LogP contribution in [0.3, 0.4) is 0 Å². The van der Waals surface area contributed by atoms with E-state index in [0.717, 1.165) is 18.7 Å². The number of hydrogen-bond acceptors (Lipinski definition) is 4. The maximum absolute atomic E-state index is 12.9. The van der Waals surface area contributed by atoms with Crippen molar-refractivity contribution in [1.29, 1.82) is 0 Å². The molecule has 2 aromatic rings. The van der Waals surface area contributed by atoms with Gasteiger partial charge in [-0.3, -0.25) is 9.59 Å². The average molecular weight is 430 g/mol. The monoisotopic (exact) mass is 429 g/mol. The van der Waals surface area contributed by atoms with Crippen molar-refractivity contribution in [3.8, 4) is 0 Å². The van der Waals surface area contributed by atoms with Gasteiger partial charge >= 0.3 is 0 Å². The predicted molar refractivity (Wildman–Crippen MR) is 119 cm³/mol. The third-order valence-electron chi connectivity index (χ3n) is 5.48. The first-order chi connectivity index (χ1) is 14.8. The first kappa shape index (κ1) is 23.1. The topological polar surface area (TPSA) is 67.9 Å². The normalized spacial score (nSPS) is 19.1. The maximum atomic E-state index is 12.9. The lowest BCUT2D eigenvalue weighted by atomic mass is 10.2. The van der Waals surface area contributed by atoms with E-state index in [2.05, 4.69) is 11.5 Å². The Morgan fingerprint density at radius 2 is 1.87 bits per heavy atom. The number of ether oxygens (including phenoxy) is 1. The second kappa shape index (κ2) is 10.2. The van der Waals surface area contributed by atoms with E-state index in [1.165, 1.54) is 0 Å². The third-order valence-corrected chi connectivity index (χ3v) is 5.48. The standard InChI is InChI=1S/C24H35N3O4/c1-6-11-26(23(28)17(2)3)15-20-8-7-12-25(20)16-21-9-10-22(31-21)24(29)27-13-18(4)30-19(5)14-27/h7-10,12,17-19H,6,11,13-16H2,1-5H3/t18-,19-/m0/s1. The van der Waals surface area contributed by atoms with Gasteiger partial charge in [0.05, 0.1) is 25.3 Å². The number of hydrogen-bond donors (Lipinski definition) is 0. The smallest absolute Gasteiger partial charge is 0.289 e. The number of furan rings is 1. The van der Waals surface area contributed by atoms with Crippen molar-refractivity contribution in [2.45, 2.75) is 66.3 Å². The van der Waals surface area contributed by atoms with Crippen LogP contribution in [0.2, 0.25) is 0 Å². The van der Waals surface area contributed by atoms with Crippen LogP contribution in [-0.2, 0) is 22.6 Å². The minimum absolute atomic E-state index is 0.0178. The van der Waals surface area contributed by atoms with Gasteiger partial charge in [0, 0.05) is 37.4 Å². The van der Waals surface area contributed by atoms with Gasteiger partial charge in [0.1, 0.15) is 5.76 Å². The lowest BCUT2D eigenvalue weighted by Gasteiger charge is -2.34. The Hall–Kier alpha value is -2.54. The molecule has 0 unspecified atom stereocenters. The molecule has 1 saturated heterocycles. The summed E-state index contributed by atoms with van der Waals surface area (Å²) < 4.78 is 13.7. The molecule has 2 aromatic heterocycles. The van der Waals surface area contributed by atoms with E-state index in [9.17, 15) is 9.59 Å². The highest BCUT2D eigenvalue weighted by molar-refractivity contribution is 5.91. The summed E-state index contributed by atoms with van der Waals surface area (Å²) >= 11 is 0. The van der Waals surface area contributed by atoms with Crippen LogP contribution in [0.4, 0.5) is 0 Å². The van der Waals surface area contributed by atoms with Crippen molar-refractivity contribution in [1.82, 2.24) is 14.4 Å². The molecule has 0 spiro atoms. The number of amides is 2. The molecule has 2 amide bonds. The Kier molecular flexibility index (Phi) is 7.59. The molecule has 0 aromatic carbocycles. The molecule has 0 saturated carbocycles. The summed E-state index contributed by atoms with van der Waals surface area (Å²) in [4.78, 5) is 29.1. The molecule has 3 rings (SSSR count). The first-order valence-corrected chi connectivity index (χ1v) is 11.2. The van der Waals surface area contributed by atoms with Crippen molar-refractivity contribution < 1.29 is 18.7 Å². The zero-order chi connectivity index (χ0) is 22.5. The molecule has 7 nitrogen and oxygen atoms in total. The largest absolute Gasteiger partial charge is 0.454 e. The summed E-state index contributed by atoms with van der Waals surface area (Å²) in [7, 11) is 0. The highest BCUT2D eigenvalue weighted by Crippen LogP contribution is 2.18. The summed E-state index contributed by atoms with van der Waals surface area (Å²) in [6, 6.07) is 7.61. The van der Waals surface area contributed by atoms with Crippen molar-refractivity contribution in [3.63, 3.8) is 0 Å². The molecular formula is C24H35N3O4. The summed E-state index contributed by atoms with van der Waals surface area (Å²) in [6.07, 6.45) is 2.93. The van der Waals surface area contributed by atoms with E-state index in [-0.39, 0.29) is 29.9 Å². The molecule has 0 aliphatic carbocycles. The Morgan fingerprint density at radius 1 is 1.16 bits per heavy atom. The van der Waals surface area contributed by atoms with Crippen LogP contribution in [0.25, 0.3) is 0 Å². The Balaban J connectivity index is 1.68. The predicted octanol–water partition coefficient (Wildman–Crippen LogP) is 3.77. The van der Waals surface area contributed by atoms with Crippen LogP contribution in [0.15, 0.2) is 34.9 Å². The van der Waals surface area contributed by atoms with Crippen LogP contribution >= 0.6 is 0 Å². The van der Waals surface area contributed by atoms with Gasteiger partial charge in [-0.1, -0.05) is 20.8 Å². The fourth-order valence-corrected chi connectivity index (χ4v) is 4.09. The maximum Gasteiger partial charge on any atom is 0.289 e. The van der Waals surface area contributed by atoms with Crippen molar-refractivity contribution in [3.05, 3.63) is 47.7 Å². The number of rotatable bonds is 8. The van der Waals surface area contributed by atoms with Crippen LogP contribution in [0.1, 0.15) is 63.0 Å². The van der Waals surface area contributed by atoms with E-state index in [0.29, 0.717) is 37.7 Å². The summed E-state index contributed by atoms with van der Waals surface area (Å²) in [5.41, 5.74) is 1.04. The van der Waals surface area contributed by atoms with Crippen molar-refractivity contribution in [2.75, 3.05) is 19.6 Å². The second-order valence-corrected chi connectivity index (χ2v) is 8.78. The van der Waals surface area contributed by atoms with E-state index >= 15 is 0 Å². The van der Waals surface area contributed by atoms with Gasteiger partial charge in [0.15, 0.2) is 5.76 Å². The quantitative estimate of drug-likeness (QED) is 0.641. The Morgan fingerprint density at radius 3 is 2.52 bits per heavy atom. The van der Waals surface area contributed by atoms with Crippen molar-refractivity contribution in [2.24, 2.45) is 5.92 Å². The van der Waals surface area contributed by atoms with Gasteiger partial charge in [-0.15, -0.1) is 0 Å². The lowest BCUT2D eigenvalue weighted by molar-refractivity contribution is -0.135. The van der Waals surface area contributed by atoms with Gasteiger partial charge in [-0.05, 0) is 44.5 Å². The molecule has 170 valence electrons. The molecular weight excluding hydrogens is 394 g/mol. The fourth-order valence-electron chi connectivity index (χ4n) is 4.09. The molecule has 1 aliphatic heterocycles. The highest BCUT2D eigenvalue weighted by atomic mass is 16.5. The summed E-state index contributed by atoms with van der Waals surface area (Å²) in [5, 5.41) is 0. The zero-order valence-electron chi connectivity index (χ0n) is 19.3. The van der Waals surface area contributed by atoms with E-state index in [4.69, 9.17) is 9.15 Å². The van der Waals surface area contributed by atoms with Crippen LogP contribution in [-0.4, -0.2) is 58.0 Å². The SMILES string of the molecule is CCCN(Cc1cccn1Cc1ccc(C(=O)N2C[C@H](C)O[C@@H](C)C2)o1)C(=O)C(C)C. The molecule has 0 bridgehead atoms. The second-order valence-electron chi connectivity index (χ2n) is 8.78. The minimum Gasteiger partial charge on any atom is -0.454 e. The van der Waals surface area contributed by atoms with Gasteiger partial charge in [-0.25, -0.2) is 0 Å². The molecule has 0 N–H and O–H groups in total. The number of nitrogens with zero attached hydrogens (tertiary/aromatic N) is 3. The van der Waals surface area contributed by atoms with Crippen LogP contribution < -0.4 is 0 Å². The third kappa shape index (κ3) is 5.79. The number of carbonyl (C=O) groups is 2. The first-order valence-electron chi connectivity index (χ1n) is 11.2. The molecule has 2 atom stereocenters. The van der Waals surface area contributed by atoms with E-state index in [1.807, 2.05) is 57.0 Å². The minimum atomic E-state index is -0.0994. The summed E-state index contributed by atoms with van der Waals surface area (Å²) in [5.74, 6) is 1.10. The molecule has 1 aliphatic rings. The summed E-state index contributed by atoms with van der Waals surface area (Å²) in [6.45, 7) is 12.8. The van der Waals surface area contributed by atoms with Crippen molar-refractivity contribution >= 4 is 11.8 Å². The average Bonchev–Trinajstić information content (AvgIpc) is 3.35. The molecule has 31 heavy (non-hydrogen) atoms. The van der Waals surface area contributed by atoms with Crippen LogP contribution in [0, 0.1) is 5.92 Å². The molecule has 0 radical (unpaired) electrons. The zero-order valence-corrected chi connectivity index (χ0v) is 19.3. The number of morpholine rings is 1. The van der Waals surface area contributed by atoms with Gasteiger partial charge in [0.25, 0.3) is 5.91 Å². The number of aromatic nitrogens is 1. The van der Waals surface area contributed by atoms with Gasteiger partial charge < -0.3 is 23.5 Å². The molecule has 1 fully saturated rings. The van der Waals surface area contributed by atoms with Gasteiger partial charge in [0.2, 0.25) is 5.91 Å². The number of carbonyl (C=O) groups excluding carboxylic acids is 2. The Labute approximate surface area is 184 Å². The highest BCUT2D eigenvalue weighted by Gasteiger charge is 2.28. The molecule has 7 heteroatoms. The van der Waals surface area contributed by atoms with Crippen LogP contribution in [0.5, 0.6) is 0 Å².